The van der Waals surface area contributed by atoms with E-state index in [2.05, 4.69) is 23.2 Å². The van der Waals surface area contributed by atoms with Crippen molar-refractivity contribution in [3.8, 4) is 0 Å². The van der Waals surface area contributed by atoms with Crippen molar-refractivity contribution >= 4 is 5.82 Å². The minimum Gasteiger partial charge on any atom is -0.384 e. The van der Waals surface area contributed by atoms with E-state index >= 15 is 0 Å². The first-order valence-corrected chi connectivity index (χ1v) is 7.74. The topological polar surface area (TPSA) is 74.2 Å². The first-order valence-electron chi connectivity index (χ1n) is 7.74. The van der Waals surface area contributed by atoms with Crippen molar-refractivity contribution in [2.24, 2.45) is 11.7 Å². The van der Waals surface area contributed by atoms with Gasteiger partial charge in [0.1, 0.15) is 11.4 Å². The van der Waals surface area contributed by atoms with E-state index in [1.54, 1.807) is 0 Å². The minimum atomic E-state index is -0.491. The maximum absolute atomic E-state index is 6.49. The molecule has 2 saturated carbocycles. The van der Waals surface area contributed by atoms with Crippen LogP contribution in [0.1, 0.15) is 31.4 Å². The molecular formula is C17H21N3O. The highest BCUT2D eigenvalue weighted by atomic mass is 16.5. The summed E-state index contributed by atoms with van der Waals surface area (Å²) in [7, 11) is 0. The first-order chi connectivity index (χ1) is 10.2. The van der Waals surface area contributed by atoms with Crippen molar-refractivity contribution < 1.29 is 4.74 Å². The van der Waals surface area contributed by atoms with Crippen LogP contribution in [-0.4, -0.2) is 17.1 Å². The summed E-state index contributed by atoms with van der Waals surface area (Å²) in [6.45, 7) is 0. The molecule has 0 spiro atoms. The number of rotatable bonds is 3. The highest BCUT2D eigenvalue weighted by molar-refractivity contribution is 5.40. The monoisotopic (exact) mass is 283 g/mol. The van der Waals surface area contributed by atoms with E-state index in [1.807, 2.05) is 18.2 Å². The molecule has 1 heterocycles. The minimum absolute atomic E-state index is 0.137. The van der Waals surface area contributed by atoms with Crippen LogP contribution >= 0.6 is 0 Å². The average molecular weight is 283 g/mol. The van der Waals surface area contributed by atoms with Gasteiger partial charge in [-0.25, -0.2) is 4.98 Å². The molecule has 0 bridgehead atoms. The van der Waals surface area contributed by atoms with Crippen molar-refractivity contribution in [2.75, 3.05) is 5.73 Å². The standard InChI is InChI=1S/C17H21N3O/c18-13-10-14(13)21-17(15-7-2-8-16(19)20-15)9-3-5-11-4-1-6-12(11)17/h2-3,5,7-9,12-14H,1,4,6,10,18H2,(H2,19,20). The third kappa shape index (κ3) is 2.10. The Morgan fingerprint density at radius 1 is 1.33 bits per heavy atom. The number of nitrogen functional groups attached to an aromatic ring is 1. The van der Waals surface area contributed by atoms with Crippen LogP contribution in [0.4, 0.5) is 5.82 Å². The second-order valence-corrected chi connectivity index (χ2v) is 6.34. The van der Waals surface area contributed by atoms with E-state index in [0.29, 0.717) is 11.7 Å². The number of hydrogen-bond acceptors (Lipinski definition) is 4. The lowest BCUT2D eigenvalue weighted by molar-refractivity contribution is -0.0613. The summed E-state index contributed by atoms with van der Waals surface area (Å²) in [5, 5.41) is 0. The van der Waals surface area contributed by atoms with E-state index in [0.717, 1.165) is 25.0 Å². The molecule has 4 heteroatoms. The van der Waals surface area contributed by atoms with Crippen LogP contribution < -0.4 is 11.5 Å². The first kappa shape index (κ1) is 13.0. The zero-order chi connectivity index (χ0) is 14.4. The van der Waals surface area contributed by atoms with Crippen LogP contribution in [0.3, 0.4) is 0 Å². The molecule has 4 rings (SSSR count). The van der Waals surface area contributed by atoms with Crippen LogP contribution in [0, 0.1) is 5.92 Å². The molecule has 0 saturated heterocycles. The number of allylic oxidation sites excluding steroid dienone is 2. The number of hydrogen-bond donors (Lipinski definition) is 2. The van der Waals surface area contributed by atoms with Gasteiger partial charge in [0.05, 0.1) is 11.8 Å². The third-order valence-electron chi connectivity index (χ3n) is 4.87. The van der Waals surface area contributed by atoms with Gasteiger partial charge in [0, 0.05) is 12.0 Å². The van der Waals surface area contributed by atoms with Gasteiger partial charge in [0.25, 0.3) is 0 Å². The van der Waals surface area contributed by atoms with Crippen LogP contribution in [0.25, 0.3) is 0 Å². The number of anilines is 1. The normalized spacial score (nSPS) is 37.2. The molecule has 3 aliphatic carbocycles. The predicted octanol–water partition coefficient (Wildman–Crippen LogP) is 2.27. The summed E-state index contributed by atoms with van der Waals surface area (Å²) in [6, 6.07) is 5.96. The molecule has 0 radical (unpaired) electrons. The van der Waals surface area contributed by atoms with Crippen LogP contribution in [-0.2, 0) is 10.3 Å². The molecule has 4 N–H and O–H groups in total. The van der Waals surface area contributed by atoms with E-state index in [4.69, 9.17) is 16.2 Å². The molecule has 4 atom stereocenters. The molecule has 110 valence electrons. The zero-order valence-electron chi connectivity index (χ0n) is 12.0. The van der Waals surface area contributed by atoms with E-state index < -0.39 is 5.60 Å². The fraction of sp³-hybridized carbons (Fsp3) is 0.471. The fourth-order valence-corrected chi connectivity index (χ4v) is 3.68. The van der Waals surface area contributed by atoms with Gasteiger partial charge in [-0.05, 0) is 43.9 Å². The Bertz CT molecular complexity index is 624. The van der Waals surface area contributed by atoms with Crippen molar-refractivity contribution in [3.05, 3.63) is 47.7 Å². The number of nitrogens with two attached hydrogens (primary N) is 2. The lowest BCUT2D eigenvalue weighted by Crippen LogP contribution is -2.39. The van der Waals surface area contributed by atoms with Crippen molar-refractivity contribution in [2.45, 2.75) is 43.4 Å². The maximum Gasteiger partial charge on any atom is 0.135 e. The molecular weight excluding hydrogens is 262 g/mol. The average Bonchev–Trinajstić information content (AvgIpc) is 2.98. The highest BCUT2D eigenvalue weighted by Crippen LogP contribution is 2.51. The zero-order valence-corrected chi connectivity index (χ0v) is 12.0. The van der Waals surface area contributed by atoms with E-state index in [9.17, 15) is 0 Å². The van der Waals surface area contributed by atoms with Gasteiger partial charge in [-0.3, -0.25) is 0 Å². The van der Waals surface area contributed by atoms with Crippen LogP contribution in [0.2, 0.25) is 0 Å². The maximum atomic E-state index is 6.49. The van der Waals surface area contributed by atoms with Gasteiger partial charge in [-0.2, -0.15) is 0 Å². The Kier molecular flexibility index (Phi) is 2.91. The lowest BCUT2D eigenvalue weighted by Gasteiger charge is -2.39. The number of fused-ring (bicyclic) bond motifs is 1. The van der Waals surface area contributed by atoms with Gasteiger partial charge in [0.2, 0.25) is 0 Å². The molecule has 4 nitrogen and oxygen atoms in total. The number of aromatic nitrogens is 1. The summed E-state index contributed by atoms with van der Waals surface area (Å²) in [5.41, 5.74) is 13.8. The van der Waals surface area contributed by atoms with Crippen molar-refractivity contribution in [3.63, 3.8) is 0 Å². The Morgan fingerprint density at radius 2 is 2.19 bits per heavy atom. The Labute approximate surface area is 124 Å². The third-order valence-corrected chi connectivity index (χ3v) is 4.87. The molecule has 0 aromatic carbocycles. The largest absolute Gasteiger partial charge is 0.384 e. The molecule has 4 unspecified atom stereocenters. The number of ether oxygens (including phenoxy) is 1. The Hall–Kier alpha value is -1.65. The van der Waals surface area contributed by atoms with Crippen molar-refractivity contribution in [1.82, 2.24) is 4.98 Å². The summed E-state index contributed by atoms with van der Waals surface area (Å²) in [5.74, 6) is 0.905. The fourth-order valence-electron chi connectivity index (χ4n) is 3.68. The summed E-state index contributed by atoms with van der Waals surface area (Å²) < 4.78 is 6.49. The summed E-state index contributed by atoms with van der Waals surface area (Å²) in [4.78, 5) is 4.57. The quantitative estimate of drug-likeness (QED) is 0.892. The molecule has 2 fully saturated rings. The highest BCUT2D eigenvalue weighted by Gasteiger charge is 2.50. The van der Waals surface area contributed by atoms with Crippen LogP contribution in [0.15, 0.2) is 42.0 Å². The Balaban J connectivity index is 1.79. The summed E-state index contributed by atoms with van der Waals surface area (Å²) >= 11 is 0. The smallest absolute Gasteiger partial charge is 0.135 e. The number of nitrogens with zero attached hydrogens (tertiary/aromatic N) is 1. The second kappa shape index (κ2) is 4.68. The van der Waals surface area contributed by atoms with Crippen LogP contribution in [0.5, 0.6) is 0 Å². The second-order valence-electron chi connectivity index (χ2n) is 6.34. The lowest BCUT2D eigenvalue weighted by atomic mass is 9.77. The Morgan fingerprint density at radius 3 is 2.95 bits per heavy atom. The van der Waals surface area contributed by atoms with Gasteiger partial charge in [-0.15, -0.1) is 0 Å². The van der Waals surface area contributed by atoms with Gasteiger partial charge in [0.15, 0.2) is 0 Å². The molecule has 0 aliphatic heterocycles. The molecule has 0 amide bonds. The molecule has 1 aromatic rings. The van der Waals surface area contributed by atoms with Gasteiger partial charge in [-0.1, -0.05) is 23.8 Å². The predicted molar refractivity (Wildman–Crippen MR) is 82.4 cm³/mol. The van der Waals surface area contributed by atoms with Gasteiger partial charge < -0.3 is 16.2 Å². The molecule has 1 aromatic heterocycles. The summed E-state index contributed by atoms with van der Waals surface area (Å²) in [6.07, 6.45) is 11.1. The van der Waals surface area contributed by atoms with E-state index in [-0.39, 0.29) is 12.1 Å². The SMILES string of the molecule is Nc1cccc(C2(OC3CC3N)C=CC=C3CCCC32)n1. The molecule has 3 aliphatic rings. The molecule has 21 heavy (non-hydrogen) atoms. The van der Waals surface area contributed by atoms with Crippen molar-refractivity contribution in [1.29, 1.82) is 0 Å². The van der Waals surface area contributed by atoms with E-state index in [1.165, 1.54) is 12.0 Å². The van der Waals surface area contributed by atoms with Gasteiger partial charge >= 0.3 is 0 Å². The number of pyridine rings is 1.